The minimum atomic E-state index is -1.15. The van der Waals surface area contributed by atoms with Crippen LogP contribution in [0.5, 0.6) is 0 Å². The normalized spacial score (nSPS) is 23.6. The number of hydroxylamine groups is 6. The van der Waals surface area contributed by atoms with E-state index in [2.05, 4.69) is 16.0 Å². The van der Waals surface area contributed by atoms with E-state index in [0.29, 0.717) is 16.7 Å². The standard InChI is InChI=1S/C39H57N6O15.Fe/c1-25-13-19-58-37(52)31(40-28(4)46)11-8-17-44(56)35(50)23-27(3)15-21-60-39(54)33(42-30(6)48)12-9-18-45(57)36(51)24-26(2)14-20-59-38(53)32(41-29(5)47)10-7-16-43(55)34(49)22-25;/h22-24,31-33H,7-21H2,1-6H3,(H,40,46)(H,41,47)(H,42,48);/q-3;+3/b25-22+,26-24+,27-23?;/t31-,32-,33?;/m0./s1. The van der Waals surface area contributed by atoms with E-state index in [4.69, 9.17) is 14.2 Å². The van der Waals surface area contributed by atoms with E-state index in [1.807, 2.05) is 0 Å². The van der Waals surface area contributed by atoms with Crippen LogP contribution in [0.15, 0.2) is 34.9 Å². The van der Waals surface area contributed by atoms with Crippen LogP contribution in [0.1, 0.15) is 99.3 Å². The van der Waals surface area contributed by atoms with Gasteiger partial charge in [0.1, 0.15) is 18.1 Å². The molecule has 0 saturated carbocycles. The molecule has 1 aliphatic rings. The Kier molecular flexibility index (Phi) is 27.4. The summed E-state index contributed by atoms with van der Waals surface area (Å²) in [5.41, 5.74) is 1.16. The van der Waals surface area contributed by atoms with Crippen LogP contribution >= 0.6 is 0 Å². The van der Waals surface area contributed by atoms with Crippen LogP contribution in [-0.4, -0.2) is 126 Å². The third-order valence-electron chi connectivity index (χ3n) is 8.62. The van der Waals surface area contributed by atoms with Crippen molar-refractivity contribution < 1.29 is 74.4 Å². The van der Waals surface area contributed by atoms with Crippen LogP contribution in [0.25, 0.3) is 0 Å². The summed E-state index contributed by atoms with van der Waals surface area (Å²) in [6.07, 6.45) is 3.14. The maximum Gasteiger partial charge on any atom is 3.00 e. The Hall–Kier alpha value is -5.15. The second kappa shape index (κ2) is 30.0. The first-order chi connectivity index (χ1) is 28.2. The molecule has 0 fully saturated rings. The van der Waals surface area contributed by atoms with Gasteiger partial charge in [0.15, 0.2) is 0 Å². The number of hydrogen-bond donors (Lipinski definition) is 3. The Bertz CT molecular complexity index is 1450. The Morgan fingerprint density at radius 1 is 0.508 bits per heavy atom. The van der Waals surface area contributed by atoms with Crippen molar-refractivity contribution in [2.75, 3.05) is 39.5 Å². The number of carbonyl (C=O) groups is 9. The molecule has 0 spiro atoms. The number of rotatable bonds is 3. The zero-order chi connectivity index (χ0) is 45.4. The summed E-state index contributed by atoms with van der Waals surface area (Å²) in [5.74, 6) is -6.86. The van der Waals surface area contributed by atoms with Crippen molar-refractivity contribution in [3.63, 3.8) is 0 Å². The molecule has 0 bridgehead atoms. The summed E-state index contributed by atoms with van der Waals surface area (Å²) >= 11 is 0. The largest absolute Gasteiger partial charge is 3.00 e. The molecule has 0 aromatic heterocycles. The number of nitrogens with zero attached hydrogens (tertiary/aromatic N) is 3. The molecule has 21 nitrogen and oxygen atoms in total. The first-order valence-electron chi connectivity index (χ1n) is 19.5. The molecule has 61 heavy (non-hydrogen) atoms. The number of ether oxygens (including phenoxy) is 3. The minimum absolute atomic E-state index is 0. The van der Waals surface area contributed by atoms with Crippen molar-refractivity contribution in [2.45, 2.75) is 117 Å². The van der Waals surface area contributed by atoms with Gasteiger partial charge in [0, 0.05) is 77.9 Å². The Morgan fingerprint density at radius 3 is 0.951 bits per heavy atom. The van der Waals surface area contributed by atoms with Gasteiger partial charge in [-0.15, -0.1) is 0 Å². The summed E-state index contributed by atoms with van der Waals surface area (Å²) < 4.78 is 15.8. The number of carbonyl (C=O) groups excluding carboxylic acids is 9. The van der Waals surface area contributed by atoms with Gasteiger partial charge in [-0.3, -0.25) is 28.8 Å². The van der Waals surface area contributed by atoms with E-state index in [0.717, 1.165) is 18.2 Å². The number of hydrogen-bond acceptors (Lipinski definition) is 15. The van der Waals surface area contributed by atoms with Crippen molar-refractivity contribution >= 4 is 53.4 Å². The molecule has 0 saturated heterocycles. The fourth-order valence-corrected chi connectivity index (χ4v) is 5.44. The van der Waals surface area contributed by atoms with Gasteiger partial charge in [-0.2, -0.15) is 0 Å². The Morgan fingerprint density at radius 2 is 0.738 bits per heavy atom. The van der Waals surface area contributed by atoms with Crippen molar-refractivity contribution in [2.24, 2.45) is 0 Å². The molecule has 0 aliphatic carbocycles. The number of cyclic esters (lactones) is 3. The van der Waals surface area contributed by atoms with Gasteiger partial charge < -0.3 is 61.0 Å². The molecule has 1 radical (unpaired) electrons. The number of esters is 3. The topological polar surface area (TPSA) is 296 Å². The molecule has 3 N–H and O–H groups in total. The van der Waals surface area contributed by atoms with Gasteiger partial charge in [-0.25, -0.2) is 14.4 Å². The zero-order valence-electron chi connectivity index (χ0n) is 35.4. The fourth-order valence-electron chi connectivity index (χ4n) is 5.44. The smallest absolute Gasteiger partial charge is 0.756 e. The van der Waals surface area contributed by atoms with Crippen LogP contribution < -0.4 is 16.0 Å². The number of nitrogens with one attached hydrogen (secondary N) is 3. The Labute approximate surface area is 365 Å². The summed E-state index contributed by atoms with van der Waals surface area (Å²) in [4.78, 5) is 111. The van der Waals surface area contributed by atoms with Crippen molar-refractivity contribution in [1.82, 2.24) is 31.1 Å². The van der Waals surface area contributed by atoms with Crippen molar-refractivity contribution in [1.29, 1.82) is 0 Å². The van der Waals surface area contributed by atoms with E-state index in [-0.39, 0.29) is 130 Å². The molecule has 22 heteroatoms. The summed E-state index contributed by atoms with van der Waals surface area (Å²) in [5, 5.41) is 45.2. The predicted octanol–water partition coefficient (Wildman–Crippen LogP) is 1.47. The third-order valence-corrected chi connectivity index (χ3v) is 8.62. The molecule has 3 atom stereocenters. The first kappa shape index (κ1) is 55.8. The molecule has 6 amide bonds. The molecule has 1 rings (SSSR count). The van der Waals surface area contributed by atoms with Crippen LogP contribution in [0.4, 0.5) is 0 Å². The predicted molar refractivity (Wildman–Crippen MR) is 214 cm³/mol. The minimum Gasteiger partial charge on any atom is -0.756 e. The molecule has 1 aliphatic heterocycles. The van der Waals surface area contributed by atoms with Crippen LogP contribution in [-0.2, 0) is 74.4 Å². The summed E-state index contributed by atoms with van der Waals surface area (Å²) in [7, 11) is 0. The fraction of sp³-hybridized carbons (Fsp3) is 0.615. The monoisotopic (exact) mass is 905 g/mol. The van der Waals surface area contributed by atoms with E-state index < -0.39 is 71.5 Å². The number of amides is 6. The van der Waals surface area contributed by atoms with E-state index >= 15 is 0 Å². The van der Waals surface area contributed by atoms with Crippen molar-refractivity contribution in [3.8, 4) is 0 Å². The molecule has 0 aromatic rings. The van der Waals surface area contributed by atoms with Crippen LogP contribution in [0, 0.1) is 15.6 Å². The van der Waals surface area contributed by atoms with Gasteiger partial charge in [0.05, 0.1) is 19.8 Å². The van der Waals surface area contributed by atoms with Crippen molar-refractivity contribution in [3.05, 3.63) is 50.6 Å². The Balaban J connectivity index is 0.0000360. The quantitative estimate of drug-likeness (QED) is 0.205. The zero-order valence-corrected chi connectivity index (χ0v) is 36.5. The molecule has 1 unspecified atom stereocenters. The van der Waals surface area contributed by atoms with Gasteiger partial charge in [0.2, 0.25) is 35.4 Å². The average Bonchev–Trinajstić information content (AvgIpc) is 3.15. The van der Waals surface area contributed by atoms with Gasteiger partial charge in [-0.1, -0.05) is 16.7 Å². The van der Waals surface area contributed by atoms with E-state index in [1.165, 1.54) is 41.5 Å². The first-order valence-corrected chi connectivity index (χ1v) is 19.5. The van der Waals surface area contributed by atoms with Crippen LogP contribution in [0.2, 0.25) is 0 Å². The van der Waals surface area contributed by atoms with Crippen LogP contribution in [0.3, 0.4) is 0 Å². The van der Waals surface area contributed by atoms with Gasteiger partial charge in [0.25, 0.3) is 0 Å². The second-order valence-corrected chi connectivity index (χ2v) is 14.2. The SMILES string of the molecule is CC(=O)NC1CCCN([O-])C(=O)/C=C(\C)CCOC(=O)[C@@H](NC(C)=O)CCCN([O-])C(=O)/C=C(\C)CCOC(=O)[C@@H](NC(C)=O)CCCN([O-])C(=O)C=C(C)CCOC1=O.[Fe+3]. The maximum absolute atomic E-state index is 12.8. The molecule has 1 heterocycles. The third kappa shape index (κ3) is 24.6. The molecule has 341 valence electrons. The van der Waals surface area contributed by atoms with Gasteiger partial charge >= 0.3 is 35.0 Å². The second-order valence-electron chi connectivity index (χ2n) is 14.2. The molecular weight excluding hydrogens is 848 g/mol. The summed E-state index contributed by atoms with van der Waals surface area (Å²) in [6, 6.07) is -3.46. The molecule has 0 aromatic carbocycles. The van der Waals surface area contributed by atoms with E-state index in [1.54, 1.807) is 0 Å². The van der Waals surface area contributed by atoms with E-state index in [9.17, 15) is 58.8 Å². The molecular formula is C39H57FeN6O15. The summed E-state index contributed by atoms with van der Waals surface area (Å²) in [6.45, 7) is 6.46. The van der Waals surface area contributed by atoms with Gasteiger partial charge in [-0.05, 0) is 59.3 Å². The maximum atomic E-state index is 12.8. The average molecular weight is 906 g/mol.